The second-order valence-corrected chi connectivity index (χ2v) is 5.97. The van der Waals surface area contributed by atoms with Crippen LogP contribution >= 0.6 is 0 Å². The first-order valence-electron chi connectivity index (χ1n) is 8.26. The minimum absolute atomic E-state index is 0.0688. The number of hydrazone groups is 1. The molecule has 1 aliphatic heterocycles. The van der Waals surface area contributed by atoms with Gasteiger partial charge in [-0.3, -0.25) is 14.6 Å². The summed E-state index contributed by atoms with van der Waals surface area (Å²) in [5.41, 5.74) is 2.28. The van der Waals surface area contributed by atoms with Crippen LogP contribution in [-0.2, 0) is 16.1 Å². The van der Waals surface area contributed by atoms with Gasteiger partial charge in [0, 0.05) is 25.2 Å². The molecule has 128 valence electrons. The van der Waals surface area contributed by atoms with E-state index >= 15 is 0 Å². The Morgan fingerprint density at radius 2 is 2.00 bits per heavy atom. The van der Waals surface area contributed by atoms with Crippen molar-refractivity contribution in [3.63, 3.8) is 0 Å². The number of pyridine rings is 1. The highest BCUT2D eigenvalue weighted by molar-refractivity contribution is 6.39. The summed E-state index contributed by atoms with van der Waals surface area (Å²) in [5.74, 6) is -0.317. The van der Waals surface area contributed by atoms with Crippen molar-refractivity contribution in [1.29, 1.82) is 0 Å². The summed E-state index contributed by atoms with van der Waals surface area (Å²) in [7, 11) is 0. The van der Waals surface area contributed by atoms with E-state index in [-0.39, 0.29) is 17.9 Å². The maximum absolute atomic E-state index is 12.5. The second-order valence-electron chi connectivity index (χ2n) is 5.97. The van der Waals surface area contributed by atoms with Crippen molar-refractivity contribution in [1.82, 2.24) is 15.3 Å². The standard InChI is InChI=1S/C19H20N4O2/c1-14(16-8-5-11-20-12-16)21-19(25)17-9-10-18(24)23(22-17)13-15-6-3-2-4-7-15/h2-8,11-12,14H,9-10,13H2,1H3,(H,21,25). The van der Waals surface area contributed by atoms with Crippen molar-refractivity contribution < 1.29 is 9.59 Å². The van der Waals surface area contributed by atoms with Crippen molar-refractivity contribution in [2.45, 2.75) is 32.4 Å². The van der Waals surface area contributed by atoms with E-state index in [1.807, 2.05) is 49.4 Å². The van der Waals surface area contributed by atoms with Gasteiger partial charge in [-0.05, 0) is 24.1 Å². The molecule has 25 heavy (non-hydrogen) atoms. The van der Waals surface area contributed by atoms with Crippen molar-refractivity contribution in [2.75, 3.05) is 0 Å². The molecule has 0 aliphatic carbocycles. The van der Waals surface area contributed by atoms with Crippen LogP contribution in [0.4, 0.5) is 0 Å². The monoisotopic (exact) mass is 336 g/mol. The molecule has 0 fully saturated rings. The predicted octanol–water partition coefficient (Wildman–Crippen LogP) is 2.44. The third kappa shape index (κ3) is 4.29. The fraction of sp³-hybridized carbons (Fsp3) is 0.263. The van der Waals surface area contributed by atoms with Crippen LogP contribution in [0.1, 0.15) is 36.9 Å². The highest BCUT2D eigenvalue weighted by Crippen LogP contribution is 2.15. The van der Waals surface area contributed by atoms with Gasteiger partial charge in [-0.15, -0.1) is 0 Å². The van der Waals surface area contributed by atoms with Crippen LogP contribution in [0.3, 0.4) is 0 Å². The molecule has 0 saturated heterocycles. The lowest BCUT2D eigenvalue weighted by Crippen LogP contribution is -2.39. The fourth-order valence-corrected chi connectivity index (χ4v) is 2.64. The quantitative estimate of drug-likeness (QED) is 0.911. The van der Waals surface area contributed by atoms with E-state index in [1.54, 1.807) is 12.4 Å². The Morgan fingerprint density at radius 1 is 1.20 bits per heavy atom. The zero-order valence-corrected chi connectivity index (χ0v) is 14.1. The van der Waals surface area contributed by atoms with Gasteiger partial charge in [-0.25, -0.2) is 5.01 Å². The topological polar surface area (TPSA) is 74.7 Å². The molecule has 1 aromatic carbocycles. The molecule has 1 atom stereocenters. The number of nitrogens with one attached hydrogen (secondary N) is 1. The van der Waals surface area contributed by atoms with Gasteiger partial charge in [0.15, 0.2) is 0 Å². The molecule has 3 rings (SSSR count). The van der Waals surface area contributed by atoms with Gasteiger partial charge in [-0.1, -0.05) is 36.4 Å². The average molecular weight is 336 g/mol. The van der Waals surface area contributed by atoms with Gasteiger partial charge < -0.3 is 5.32 Å². The Hall–Kier alpha value is -3.02. The summed E-state index contributed by atoms with van der Waals surface area (Å²) in [6.45, 7) is 2.26. The van der Waals surface area contributed by atoms with Crippen molar-refractivity contribution in [2.24, 2.45) is 5.10 Å². The van der Waals surface area contributed by atoms with E-state index in [1.165, 1.54) is 5.01 Å². The predicted molar refractivity (Wildman–Crippen MR) is 94.5 cm³/mol. The number of amides is 2. The fourth-order valence-electron chi connectivity index (χ4n) is 2.64. The Morgan fingerprint density at radius 3 is 2.72 bits per heavy atom. The van der Waals surface area contributed by atoms with Gasteiger partial charge in [0.2, 0.25) is 5.91 Å². The summed E-state index contributed by atoms with van der Waals surface area (Å²) in [6, 6.07) is 13.2. The Kier molecular flexibility index (Phi) is 5.18. The molecule has 0 bridgehead atoms. The molecule has 1 aromatic heterocycles. The number of carbonyl (C=O) groups is 2. The van der Waals surface area contributed by atoms with Gasteiger partial charge in [0.1, 0.15) is 5.71 Å². The number of hydrogen-bond donors (Lipinski definition) is 1. The summed E-state index contributed by atoms with van der Waals surface area (Å²) in [5, 5.41) is 8.57. The first-order valence-corrected chi connectivity index (χ1v) is 8.26. The summed E-state index contributed by atoms with van der Waals surface area (Å²) in [6.07, 6.45) is 4.06. The van der Waals surface area contributed by atoms with Gasteiger partial charge >= 0.3 is 0 Å². The van der Waals surface area contributed by atoms with Crippen LogP contribution in [-0.4, -0.2) is 27.5 Å². The normalized spacial score (nSPS) is 15.5. The lowest BCUT2D eigenvalue weighted by atomic mass is 10.1. The molecule has 1 aliphatic rings. The first kappa shape index (κ1) is 16.8. The number of carbonyl (C=O) groups excluding carboxylic acids is 2. The molecule has 0 saturated carbocycles. The highest BCUT2D eigenvalue weighted by atomic mass is 16.2. The summed E-state index contributed by atoms with van der Waals surface area (Å²) in [4.78, 5) is 28.6. The summed E-state index contributed by atoms with van der Waals surface area (Å²) >= 11 is 0. The maximum Gasteiger partial charge on any atom is 0.267 e. The van der Waals surface area contributed by atoms with E-state index in [9.17, 15) is 9.59 Å². The average Bonchev–Trinajstić information content (AvgIpc) is 2.65. The second kappa shape index (κ2) is 7.70. The number of nitrogens with zero attached hydrogens (tertiary/aromatic N) is 3. The van der Waals surface area contributed by atoms with Crippen LogP contribution in [0.5, 0.6) is 0 Å². The van der Waals surface area contributed by atoms with Crippen LogP contribution < -0.4 is 5.32 Å². The number of hydrogen-bond acceptors (Lipinski definition) is 4. The molecule has 1 N–H and O–H groups in total. The molecule has 1 unspecified atom stereocenters. The van der Waals surface area contributed by atoms with E-state index < -0.39 is 0 Å². The number of aromatic nitrogens is 1. The van der Waals surface area contributed by atoms with Crippen molar-refractivity contribution in [3.05, 3.63) is 66.0 Å². The Bertz CT molecular complexity index is 775. The highest BCUT2D eigenvalue weighted by Gasteiger charge is 2.25. The van der Waals surface area contributed by atoms with Crippen LogP contribution in [0, 0.1) is 0 Å². The summed E-state index contributed by atoms with van der Waals surface area (Å²) < 4.78 is 0. The maximum atomic E-state index is 12.5. The lowest BCUT2D eigenvalue weighted by molar-refractivity contribution is -0.132. The zero-order valence-electron chi connectivity index (χ0n) is 14.1. The minimum Gasteiger partial charge on any atom is -0.344 e. The van der Waals surface area contributed by atoms with E-state index in [2.05, 4.69) is 15.4 Å². The lowest BCUT2D eigenvalue weighted by Gasteiger charge is -2.24. The SMILES string of the molecule is CC(NC(=O)C1=NN(Cc2ccccc2)C(=O)CC1)c1cccnc1. The Balaban J connectivity index is 1.69. The largest absolute Gasteiger partial charge is 0.344 e. The van der Waals surface area contributed by atoms with E-state index in [0.717, 1.165) is 11.1 Å². The number of benzene rings is 1. The van der Waals surface area contributed by atoms with Crippen molar-refractivity contribution in [3.8, 4) is 0 Å². The Labute approximate surface area is 146 Å². The molecule has 2 amide bonds. The molecule has 0 spiro atoms. The number of rotatable bonds is 5. The van der Waals surface area contributed by atoms with Crippen LogP contribution in [0.25, 0.3) is 0 Å². The molecule has 2 heterocycles. The minimum atomic E-state index is -0.248. The molecule has 2 aromatic rings. The third-order valence-electron chi connectivity index (χ3n) is 4.07. The molecular formula is C19H20N4O2. The first-order chi connectivity index (χ1) is 12.1. The molecule has 6 nitrogen and oxygen atoms in total. The van der Waals surface area contributed by atoms with Crippen LogP contribution in [0.2, 0.25) is 0 Å². The van der Waals surface area contributed by atoms with Gasteiger partial charge in [0.25, 0.3) is 5.91 Å². The van der Waals surface area contributed by atoms with Crippen LogP contribution in [0.15, 0.2) is 60.0 Å². The van der Waals surface area contributed by atoms with Gasteiger partial charge in [-0.2, -0.15) is 5.10 Å². The van der Waals surface area contributed by atoms with Crippen molar-refractivity contribution >= 4 is 17.5 Å². The molecule has 0 radical (unpaired) electrons. The smallest absolute Gasteiger partial charge is 0.267 e. The van der Waals surface area contributed by atoms with E-state index in [0.29, 0.717) is 25.1 Å². The molecule has 6 heteroatoms. The zero-order chi connectivity index (χ0) is 17.6. The van der Waals surface area contributed by atoms with Gasteiger partial charge in [0.05, 0.1) is 12.6 Å². The van der Waals surface area contributed by atoms with E-state index in [4.69, 9.17) is 0 Å². The molecular weight excluding hydrogens is 316 g/mol. The third-order valence-corrected chi connectivity index (χ3v) is 4.07.